The van der Waals surface area contributed by atoms with Gasteiger partial charge in [-0.05, 0) is 40.4 Å². The number of hydrogen-bond acceptors (Lipinski definition) is 7. The summed E-state index contributed by atoms with van der Waals surface area (Å²) in [5.41, 5.74) is 1.57. The maximum atomic E-state index is 13.6. The molecule has 222 valence electrons. The third-order valence-corrected chi connectivity index (χ3v) is 13.5. The van der Waals surface area contributed by atoms with Crippen molar-refractivity contribution in [3.05, 3.63) is 95.7 Å². The number of nitrogens with zero attached hydrogens (tertiary/aromatic N) is 4. The third-order valence-electron chi connectivity index (χ3n) is 8.41. The van der Waals surface area contributed by atoms with Gasteiger partial charge < -0.3 is 19.5 Å². The van der Waals surface area contributed by atoms with Crippen LogP contribution in [-0.4, -0.2) is 46.0 Å². The Hall–Kier alpha value is -4.28. The molecule has 1 aliphatic carbocycles. The number of ether oxygens (including phenoxy) is 1. The quantitative estimate of drug-likeness (QED) is 0.234. The summed E-state index contributed by atoms with van der Waals surface area (Å²) in [5, 5.41) is 5.48. The Morgan fingerprint density at radius 2 is 1.60 bits per heavy atom. The molecule has 0 unspecified atom stereocenters. The van der Waals surface area contributed by atoms with Crippen LogP contribution in [0, 0.1) is 0 Å². The monoisotopic (exact) mass is 594 g/mol. The number of pyridine rings is 1. The molecule has 0 saturated heterocycles. The number of rotatable bonds is 8. The molecule has 0 amide bonds. The lowest BCUT2D eigenvalue weighted by atomic mass is 9.92. The molecule has 6 rings (SSSR count). The summed E-state index contributed by atoms with van der Waals surface area (Å²) in [7, 11) is -1.27. The van der Waals surface area contributed by atoms with Crippen LogP contribution in [0.15, 0.2) is 90.0 Å². The molecule has 1 aliphatic rings. The van der Waals surface area contributed by atoms with Crippen molar-refractivity contribution >= 4 is 41.5 Å². The van der Waals surface area contributed by atoms with Crippen molar-refractivity contribution in [1.82, 2.24) is 24.5 Å². The number of fused-ring (bicyclic) bond motifs is 1. The lowest BCUT2D eigenvalue weighted by Gasteiger charge is -2.47. The summed E-state index contributed by atoms with van der Waals surface area (Å²) in [6.45, 7) is 6.85. The minimum atomic E-state index is -2.84. The van der Waals surface area contributed by atoms with E-state index in [1.54, 1.807) is 24.1 Å². The van der Waals surface area contributed by atoms with Gasteiger partial charge in [0.25, 0.3) is 8.32 Å². The molecule has 0 radical (unpaired) electrons. The molecule has 43 heavy (non-hydrogen) atoms. The normalized spacial score (nSPS) is 17.6. The molecule has 3 aromatic heterocycles. The lowest BCUT2D eigenvalue weighted by molar-refractivity contribution is 0.0885. The van der Waals surface area contributed by atoms with E-state index in [1.165, 1.54) is 10.4 Å². The minimum absolute atomic E-state index is 0.176. The van der Waals surface area contributed by atoms with Crippen molar-refractivity contribution in [3.8, 4) is 5.88 Å². The maximum Gasteiger partial charge on any atom is 0.328 e. The van der Waals surface area contributed by atoms with Crippen LogP contribution < -0.4 is 26.1 Å². The molecule has 3 heterocycles. The van der Waals surface area contributed by atoms with E-state index in [9.17, 15) is 4.79 Å². The molecule has 0 bridgehead atoms. The van der Waals surface area contributed by atoms with Crippen LogP contribution in [0.3, 0.4) is 0 Å². The van der Waals surface area contributed by atoms with Gasteiger partial charge in [0.05, 0.1) is 25.5 Å². The summed E-state index contributed by atoms with van der Waals surface area (Å²) in [4.78, 5) is 30.1. The van der Waals surface area contributed by atoms with Crippen LogP contribution in [0.5, 0.6) is 5.88 Å². The van der Waals surface area contributed by atoms with E-state index >= 15 is 0 Å². The average molecular weight is 595 g/mol. The number of methoxy groups -OCH3 is 1. The fourth-order valence-corrected chi connectivity index (χ4v) is 11.2. The Bertz CT molecular complexity index is 1710. The van der Waals surface area contributed by atoms with Gasteiger partial charge in [0.1, 0.15) is 11.2 Å². The summed E-state index contributed by atoms with van der Waals surface area (Å²) in [6, 6.07) is 24.8. The minimum Gasteiger partial charge on any atom is -0.480 e. The van der Waals surface area contributed by atoms with Crippen LogP contribution in [-0.2, 0) is 4.43 Å². The van der Waals surface area contributed by atoms with Gasteiger partial charge in [-0.3, -0.25) is 4.57 Å². The lowest BCUT2D eigenvalue weighted by Crippen LogP contribution is -2.68. The molecule has 5 aromatic rings. The highest BCUT2D eigenvalue weighted by molar-refractivity contribution is 6.99. The second-order valence-electron chi connectivity index (χ2n) is 12.1. The van der Waals surface area contributed by atoms with Gasteiger partial charge in [0.15, 0.2) is 5.65 Å². The van der Waals surface area contributed by atoms with Crippen molar-refractivity contribution in [3.63, 3.8) is 0 Å². The highest BCUT2D eigenvalue weighted by Crippen LogP contribution is 2.41. The van der Waals surface area contributed by atoms with E-state index in [2.05, 4.69) is 102 Å². The first-order valence-corrected chi connectivity index (χ1v) is 16.7. The van der Waals surface area contributed by atoms with Crippen molar-refractivity contribution < 1.29 is 9.16 Å². The van der Waals surface area contributed by atoms with E-state index < -0.39 is 8.32 Å². The van der Waals surface area contributed by atoms with Crippen LogP contribution in [0.1, 0.15) is 52.5 Å². The largest absolute Gasteiger partial charge is 0.480 e. The number of anilines is 2. The van der Waals surface area contributed by atoms with Crippen LogP contribution in [0.25, 0.3) is 11.2 Å². The second-order valence-corrected chi connectivity index (χ2v) is 16.3. The Morgan fingerprint density at radius 1 is 0.930 bits per heavy atom. The summed E-state index contributed by atoms with van der Waals surface area (Å²) in [5.74, 6) is 0.788. The van der Waals surface area contributed by atoms with E-state index in [-0.39, 0.29) is 22.9 Å². The van der Waals surface area contributed by atoms with Crippen LogP contribution in [0.4, 0.5) is 11.6 Å². The molecule has 2 atom stereocenters. The highest BCUT2D eigenvalue weighted by Gasteiger charge is 2.52. The van der Waals surface area contributed by atoms with E-state index in [1.807, 2.05) is 12.1 Å². The SMILES string of the molecule is COc1ncccc1Nc1ncc2[nH]c(=O)n([C@H]3CCCC[C@H]3O[Si](c3ccccc3)(c3ccccc3)C(C)(C)C)c2n1. The van der Waals surface area contributed by atoms with E-state index in [4.69, 9.17) is 14.1 Å². The fourth-order valence-electron chi connectivity index (χ4n) is 6.48. The molecular formula is C33H38N6O3Si. The summed E-state index contributed by atoms with van der Waals surface area (Å²) < 4.78 is 14.8. The van der Waals surface area contributed by atoms with Gasteiger partial charge in [-0.1, -0.05) is 94.3 Å². The molecule has 2 N–H and O–H groups in total. The van der Waals surface area contributed by atoms with Gasteiger partial charge in [-0.25, -0.2) is 14.8 Å². The maximum absolute atomic E-state index is 13.6. The second kappa shape index (κ2) is 11.8. The number of aromatic nitrogens is 5. The predicted octanol–water partition coefficient (Wildman–Crippen LogP) is 5.33. The molecule has 1 fully saturated rings. The van der Waals surface area contributed by atoms with Gasteiger partial charge in [-0.15, -0.1) is 0 Å². The number of imidazole rings is 1. The highest BCUT2D eigenvalue weighted by atomic mass is 28.4. The van der Waals surface area contributed by atoms with E-state index in [0.29, 0.717) is 28.7 Å². The first-order chi connectivity index (χ1) is 20.8. The van der Waals surface area contributed by atoms with E-state index in [0.717, 1.165) is 25.7 Å². The Labute approximate surface area is 252 Å². The van der Waals surface area contributed by atoms with Crippen LogP contribution >= 0.6 is 0 Å². The number of hydrogen-bond donors (Lipinski definition) is 2. The Morgan fingerprint density at radius 3 is 2.26 bits per heavy atom. The molecule has 1 saturated carbocycles. The number of benzene rings is 2. The standard InChI is InChI=1S/C33H38N6O3Si/c1-33(2,3)43(23-14-7-5-8-15-23,24-16-9-6-10-17-24)42-28-20-12-11-19-27(28)39-29-26(37-32(39)40)22-35-31(38-29)36-25-18-13-21-34-30(25)41-4/h5-10,13-18,21-22,27-28H,11-12,19-20H2,1-4H3,(H,37,40)(H,35,36,38)/t27-,28+/m0/s1. The molecule has 2 aromatic carbocycles. The summed E-state index contributed by atoms with van der Waals surface area (Å²) >= 11 is 0. The van der Waals surface area contributed by atoms with Gasteiger partial charge in [0, 0.05) is 6.20 Å². The van der Waals surface area contributed by atoms with Gasteiger partial charge in [0.2, 0.25) is 11.8 Å². The Kier molecular flexibility index (Phi) is 7.89. The molecule has 0 aliphatic heterocycles. The average Bonchev–Trinajstić information content (AvgIpc) is 3.35. The number of aromatic amines is 1. The zero-order valence-electron chi connectivity index (χ0n) is 25.1. The molecule has 9 nitrogen and oxygen atoms in total. The van der Waals surface area contributed by atoms with Crippen molar-refractivity contribution in [2.24, 2.45) is 0 Å². The summed E-state index contributed by atoms with van der Waals surface area (Å²) in [6.07, 6.45) is 6.85. The van der Waals surface area contributed by atoms with Crippen molar-refractivity contribution in [2.45, 2.75) is 63.6 Å². The zero-order valence-corrected chi connectivity index (χ0v) is 26.1. The smallest absolute Gasteiger partial charge is 0.328 e. The topological polar surface area (TPSA) is 107 Å². The van der Waals surface area contributed by atoms with Crippen molar-refractivity contribution in [2.75, 3.05) is 12.4 Å². The molecule has 10 heteroatoms. The van der Waals surface area contributed by atoms with Crippen molar-refractivity contribution in [1.29, 1.82) is 0 Å². The first-order valence-electron chi connectivity index (χ1n) is 14.8. The van der Waals surface area contributed by atoms with Gasteiger partial charge in [-0.2, -0.15) is 4.98 Å². The Balaban J connectivity index is 1.44. The van der Waals surface area contributed by atoms with Crippen LogP contribution in [0.2, 0.25) is 5.04 Å². The predicted molar refractivity (Wildman–Crippen MR) is 172 cm³/mol. The first kappa shape index (κ1) is 28.8. The fraction of sp³-hybridized carbons (Fsp3) is 0.333. The number of nitrogens with one attached hydrogen (secondary N) is 2. The molecule has 0 spiro atoms. The third kappa shape index (κ3) is 5.36. The molecular weight excluding hydrogens is 556 g/mol. The number of H-pyrrole nitrogens is 1. The zero-order chi connectivity index (χ0) is 30.0. The van der Waals surface area contributed by atoms with Gasteiger partial charge >= 0.3 is 5.69 Å².